The Morgan fingerprint density at radius 3 is 2.82 bits per heavy atom. The Morgan fingerprint density at radius 2 is 2.12 bits per heavy atom. The van der Waals surface area contributed by atoms with Crippen LogP contribution in [0.15, 0.2) is 18.2 Å². The number of likely N-dealkylation sites (tertiary alicyclic amines) is 1. The Labute approximate surface area is 107 Å². The van der Waals surface area contributed by atoms with Crippen molar-refractivity contribution >= 4 is 21.8 Å². The molecule has 0 aliphatic carbocycles. The fourth-order valence-electron chi connectivity index (χ4n) is 1.91. The number of piperidine rings is 1. The molecule has 1 aromatic carbocycles. The van der Waals surface area contributed by atoms with Crippen molar-refractivity contribution in [3.8, 4) is 0 Å². The quantitative estimate of drug-likeness (QED) is 0.769. The number of hydrogen-bond acceptors (Lipinski definition) is 1. The Bertz CT molecular complexity index is 439. The smallest absolute Gasteiger partial charge is 0.236 e. The van der Waals surface area contributed by atoms with E-state index in [2.05, 4.69) is 15.9 Å². The van der Waals surface area contributed by atoms with Crippen LogP contribution in [0.2, 0.25) is 0 Å². The number of hydrogen-bond donors (Lipinski definition) is 0. The third-order valence-electron chi connectivity index (χ3n) is 2.82. The molecule has 0 saturated carbocycles. The predicted octanol–water partition coefficient (Wildman–Crippen LogP) is 2.85. The van der Waals surface area contributed by atoms with Gasteiger partial charge in [-0.05, 0) is 30.5 Å². The van der Waals surface area contributed by atoms with Gasteiger partial charge >= 0.3 is 0 Å². The first-order valence-corrected chi connectivity index (χ1v) is 6.36. The van der Waals surface area contributed by atoms with Crippen molar-refractivity contribution in [3.05, 3.63) is 35.4 Å². The highest BCUT2D eigenvalue weighted by Crippen LogP contribution is 2.20. The minimum Gasteiger partial charge on any atom is -0.337 e. The first-order valence-electron chi connectivity index (χ1n) is 5.44. The summed E-state index contributed by atoms with van der Waals surface area (Å²) >= 11 is 3.31. The molecule has 0 aromatic heterocycles. The summed E-state index contributed by atoms with van der Waals surface area (Å²) in [4.78, 5) is 13.3. The maximum absolute atomic E-state index is 13.0. The second-order valence-electron chi connectivity index (χ2n) is 4.12. The Morgan fingerprint density at radius 1 is 1.35 bits per heavy atom. The molecule has 2 rings (SSSR count). The lowest BCUT2D eigenvalue weighted by atomic mass is 10.1. The van der Waals surface area contributed by atoms with Crippen molar-refractivity contribution in [2.24, 2.45) is 0 Å². The van der Waals surface area contributed by atoms with Crippen LogP contribution in [-0.2, 0) is 11.3 Å². The molecule has 1 atom stereocenters. The van der Waals surface area contributed by atoms with Crippen LogP contribution in [-0.4, -0.2) is 22.2 Å². The van der Waals surface area contributed by atoms with Gasteiger partial charge in [-0.25, -0.2) is 8.78 Å². The van der Waals surface area contributed by atoms with Crippen LogP contribution in [0.1, 0.15) is 18.4 Å². The second-order valence-corrected chi connectivity index (χ2v) is 5.22. The molecule has 5 heteroatoms. The van der Waals surface area contributed by atoms with Crippen molar-refractivity contribution < 1.29 is 13.6 Å². The van der Waals surface area contributed by atoms with E-state index in [-0.39, 0.29) is 10.7 Å². The monoisotopic (exact) mass is 303 g/mol. The number of amides is 1. The molecule has 1 fully saturated rings. The highest BCUT2D eigenvalue weighted by atomic mass is 79.9. The molecule has 2 nitrogen and oxygen atoms in total. The number of carbonyl (C=O) groups is 1. The summed E-state index contributed by atoms with van der Waals surface area (Å²) in [5.74, 6) is -1.72. The minimum absolute atomic E-state index is 0.0148. The summed E-state index contributed by atoms with van der Waals surface area (Å²) in [6, 6.07) is 3.73. The summed E-state index contributed by atoms with van der Waals surface area (Å²) in [5, 5.41) is 0. The first-order chi connectivity index (χ1) is 8.08. The molecule has 1 saturated heterocycles. The number of nitrogens with zero attached hydrogens (tertiary/aromatic N) is 1. The summed E-state index contributed by atoms with van der Waals surface area (Å²) < 4.78 is 25.8. The molecule has 1 aliphatic rings. The minimum atomic E-state index is -0.873. The van der Waals surface area contributed by atoms with E-state index in [1.54, 1.807) is 4.90 Å². The van der Waals surface area contributed by atoms with Gasteiger partial charge in [-0.1, -0.05) is 22.0 Å². The van der Waals surface area contributed by atoms with Crippen LogP contribution < -0.4 is 0 Å². The Kier molecular flexibility index (Phi) is 3.76. The molecule has 92 valence electrons. The molecule has 0 bridgehead atoms. The van der Waals surface area contributed by atoms with Crippen LogP contribution in [0.4, 0.5) is 8.78 Å². The van der Waals surface area contributed by atoms with Gasteiger partial charge in [0.05, 0.1) is 4.83 Å². The zero-order valence-electron chi connectivity index (χ0n) is 9.13. The van der Waals surface area contributed by atoms with Crippen LogP contribution >= 0.6 is 15.9 Å². The van der Waals surface area contributed by atoms with Crippen LogP contribution in [0.25, 0.3) is 0 Å². The maximum atomic E-state index is 13.0. The molecule has 0 N–H and O–H groups in total. The predicted molar refractivity (Wildman–Crippen MR) is 63.7 cm³/mol. The van der Waals surface area contributed by atoms with Gasteiger partial charge in [0.2, 0.25) is 5.91 Å². The molecular weight excluding hydrogens is 292 g/mol. The second kappa shape index (κ2) is 5.12. The van der Waals surface area contributed by atoms with Crippen molar-refractivity contribution in [2.45, 2.75) is 24.2 Å². The number of alkyl halides is 1. The topological polar surface area (TPSA) is 20.3 Å². The standard InChI is InChI=1S/C12H12BrF2NO/c13-9-2-1-5-16(12(9)17)7-8-3-4-10(14)11(15)6-8/h3-4,6,9H,1-2,5,7H2. The van der Waals surface area contributed by atoms with E-state index < -0.39 is 11.6 Å². The van der Waals surface area contributed by atoms with Gasteiger partial charge in [0.25, 0.3) is 0 Å². The van der Waals surface area contributed by atoms with Crippen molar-refractivity contribution in [1.29, 1.82) is 0 Å². The van der Waals surface area contributed by atoms with Gasteiger partial charge in [0.15, 0.2) is 11.6 Å². The van der Waals surface area contributed by atoms with Crippen molar-refractivity contribution in [3.63, 3.8) is 0 Å². The highest BCUT2D eigenvalue weighted by molar-refractivity contribution is 9.10. The number of rotatable bonds is 2. The van der Waals surface area contributed by atoms with Gasteiger partial charge < -0.3 is 4.90 Å². The SMILES string of the molecule is O=C1C(Br)CCCN1Cc1ccc(F)c(F)c1. The molecule has 17 heavy (non-hydrogen) atoms. The van der Waals surface area contributed by atoms with Crippen molar-refractivity contribution in [2.75, 3.05) is 6.54 Å². The molecule has 1 aliphatic heterocycles. The van der Waals surface area contributed by atoms with Crippen LogP contribution in [0.5, 0.6) is 0 Å². The summed E-state index contributed by atoms with van der Waals surface area (Å²) in [7, 11) is 0. The van der Waals surface area contributed by atoms with Gasteiger partial charge in [-0.15, -0.1) is 0 Å². The lowest BCUT2D eigenvalue weighted by molar-refractivity contribution is -0.133. The van der Waals surface area contributed by atoms with E-state index in [9.17, 15) is 13.6 Å². The molecule has 1 unspecified atom stereocenters. The first kappa shape index (κ1) is 12.5. The fourth-order valence-corrected chi connectivity index (χ4v) is 2.52. The molecule has 1 amide bonds. The van der Waals surface area contributed by atoms with Gasteiger partial charge in [-0.2, -0.15) is 0 Å². The van der Waals surface area contributed by atoms with E-state index in [0.717, 1.165) is 25.0 Å². The van der Waals surface area contributed by atoms with E-state index in [1.165, 1.54) is 6.07 Å². The van der Waals surface area contributed by atoms with E-state index >= 15 is 0 Å². The molecule has 1 aromatic rings. The summed E-state index contributed by atoms with van der Waals surface area (Å²) in [6.45, 7) is 0.998. The maximum Gasteiger partial charge on any atom is 0.236 e. The van der Waals surface area contributed by atoms with E-state index in [1.807, 2.05) is 0 Å². The largest absolute Gasteiger partial charge is 0.337 e. The average Bonchev–Trinajstić information content (AvgIpc) is 2.30. The summed E-state index contributed by atoms with van der Waals surface area (Å²) in [5.41, 5.74) is 0.610. The third-order valence-corrected chi connectivity index (χ3v) is 3.67. The molecule has 1 heterocycles. The van der Waals surface area contributed by atoms with Crippen LogP contribution in [0.3, 0.4) is 0 Å². The molecule has 0 radical (unpaired) electrons. The Balaban J connectivity index is 2.09. The number of carbonyl (C=O) groups excluding carboxylic acids is 1. The van der Waals surface area contributed by atoms with Gasteiger partial charge in [0.1, 0.15) is 0 Å². The van der Waals surface area contributed by atoms with E-state index in [0.29, 0.717) is 18.7 Å². The number of benzene rings is 1. The zero-order valence-corrected chi connectivity index (χ0v) is 10.7. The average molecular weight is 304 g/mol. The zero-order chi connectivity index (χ0) is 12.4. The highest BCUT2D eigenvalue weighted by Gasteiger charge is 2.26. The van der Waals surface area contributed by atoms with Gasteiger partial charge in [0, 0.05) is 13.1 Å². The van der Waals surface area contributed by atoms with Crippen LogP contribution in [0, 0.1) is 11.6 Å². The Hall–Kier alpha value is -0.970. The third kappa shape index (κ3) is 2.83. The lowest BCUT2D eigenvalue weighted by Crippen LogP contribution is -2.41. The lowest BCUT2D eigenvalue weighted by Gasteiger charge is -2.29. The molecular formula is C12H12BrF2NO. The fraction of sp³-hybridized carbons (Fsp3) is 0.417. The number of halogens is 3. The van der Waals surface area contributed by atoms with Gasteiger partial charge in [-0.3, -0.25) is 4.79 Å². The van der Waals surface area contributed by atoms with E-state index in [4.69, 9.17) is 0 Å². The molecule has 0 spiro atoms. The summed E-state index contributed by atoms with van der Waals surface area (Å²) in [6.07, 6.45) is 1.75. The normalized spacial score (nSPS) is 20.8. The van der Waals surface area contributed by atoms with Crippen molar-refractivity contribution in [1.82, 2.24) is 4.90 Å².